The molecule has 0 aliphatic rings. The van der Waals surface area contributed by atoms with Gasteiger partial charge in [-0.2, -0.15) is 0 Å². The highest BCUT2D eigenvalue weighted by Gasteiger charge is 2.08. The molecule has 3 aromatic rings. The zero-order valence-electron chi connectivity index (χ0n) is 9.20. The fourth-order valence-electron chi connectivity index (χ4n) is 1.54. The summed E-state index contributed by atoms with van der Waals surface area (Å²) < 4.78 is 5.16. The third kappa shape index (κ3) is 1.91. The van der Waals surface area contributed by atoms with Gasteiger partial charge in [-0.15, -0.1) is 0 Å². The van der Waals surface area contributed by atoms with E-state index in [9.17, 15) is 4.79 Å². The number of oxazole rings is 1. The Morgan fingerprint density at radius 2 is 2.17 bits per heavy atom. The van der Waals surface area contributed by atoms with Crippen molar-refractivity contribution in [3.63, 3.8) is 0 Å². The molecule has 0 saturated heterocycles. The molecule has 1 amide bonds. The van der Waals surface area contributed by atoms with Crippen molar-refractivity contribution in [3.8, 4) is 0 Å². The largest absolute Gasteiger partial charge is 0.443 e. The van der Waals surface area contributed by atoms with Crippen molar-refractivity contribution in [2.45, 2.75) is 0 Å². The van der Waals surface area contributed by atoms with Gasteiger partial charge in [-0.05, 0) is 12.1 Å². The van der Waals surface area contributed by atoms with Gasteiger partial charge < -0.3 is 9.73 Å². The monoisotopic (exact) mass is 240 g/mol. The van der Waals surface area contributed by atoms with E-state index in [0.29, 0.717) is 11.3 Å². The summed E-state index contributed by atoms with van der Waals surface area (Å²) in [4.78, 5) is 23.6. The van der Waals surface area contributed by atoms with Gasteiger partial charge in [0, 0.05) is 24.1 Å². The molecule has 0 bridgehead atoms. The third-order valence-electron chi connectivity index (χ3n) is 2.38. The Labute approximate surface area is 102 Å². The Hall–Kier alpha value is -2.76. The first-order valence-electron chi connectivity index (χ1n) is 5.23. The van der Waals surface area contributed by atoms with Crippen LogP contribution in [0.25, 0.3) is 11.1 Å². The maximum absolute atomic E-state index is 11.8. The van der Waals surface area contributed by atoms with Crippen LogP contribution >= 0.6 is 0 Å². The second-order valence-corrected chi connectivity index (χ2v) is 3.58. The summed E-state index contributed by atoms with van der Waals surface area (Å²) in [5.41, 5.74) is 2.24. The summed E-state index contributed by atoms with van der Waals surface area (Å²) in [6.45, 7) is 0. The Morgan fingerprint density at radius 1 is 1.22 bits per heavy atom. The highest BCUT2D eigenvalue weighted by molar-refractivity contribution is 6.03. The SMILES string of the molecule is O=C(Nc1ccc2ncoc2c1)c1cnccn1. The minimum absolute atomic E-state index is 0.259. The fraction of sp³-hybridized carbons (Fsp3) is 0. The van der Waals surface area contributed by atoms with Crippen LogP contribution in [0.1, 0.15) is 10.5 Å². The molecule has 6 nitrogen and oxygen atoms in total. The number of hydrogen-bond donors (Lipinski definition) is 1. The standard InChI is InChI=1S/C12H8N4O2/c17-12(10-6-13-3-4-14-10)16-8-1-2-9-11(5-8)18-7-15-9/h1-7H,(H,16,17). The number of nitrogens with one attached hydrogen (secondary N) is 1. The molecule has 0 atom stereocenters. The molecule has 0 unspecified atom stereocenters. The Balaban J connectivity index is 1.86. The highest BCUT2D eigenvalue weighted by Crippen LogP contribution is 2.18. The van der Waals surface area contributed by atoms with Crippen LogP contribution in [0.2, 0.25) is 0 Å². The Kier molecular flexibility index (Phi) is 2.45. The van der Waals surface area contributed by atoms with E-state index in [0.717, 1.165) is 5.52 Å². The number of anilines is 1. The van der Waals surface area contributed by atoms with Crippen molar-refractivity contribution in [2.24, 2.45) is 0 Å². The molecule has 2 aromatic heterocycles. The highest BCUT2D eigenvalue weighted by atomic mass is 16.3. The van der Waals surface area contributed by atoms with Gasteiger partial charge >= 0.3 is 0 Å². The average molecular weight is 240 g/mol. The van der Waals surface area contributed by atoms with Crippen molar-refractivity contribution >= 4 is 22.7 Å². The minimum Gasteiger partial charge on any atom is -0.443 e. The van der Waals surface area contributed by atoms with Crippen molar-refractivity contribution in [1.29, 1.82) is 0 Å². The molecule has 6 heteroatoms. The lowest BCUT2D eigenvalue weighted by Gasteiger charge is -2.03. The van der Waals surface area contributed by atoms with Gasteiger partial charge in [0.25, 0.3) is 5.91 Å². The molecule has 88 valence electrons. The summed E-state index contributed by atoms with van der Waals surface area (Å²) >= 11 is 0. The van der Waals surface area contributed by atoms with Crippen LogP contribution < -0.4 is 5.32 Å². The van der Waals surface area contributed by atoms with Gasteiger partial charge in [0.05, 0.1) is 6.20 Å². The lowest BCUT2D eigenvalue weighted by molar-refractivity contribution is 0.102. The number of carbonyl (C=O) groups is 1. The van der Waals surface area contributed by atoms with Crippen LogP contribution in [0, 0.1) is 0 Å². The number of fused-ring (bicyclic) bond motifs is 1. The predicted molar refractivity (Wildman–Crippen MR) is 64.0 cm³/mol. The zero-order valence-corrected chi connectivity index (χ0v) is 9.20. The van der Waals surface area contributed by atoms with Crippen LogP contribution in [0.4, 0.5) is 5.69 Å². The van der Waals surface area contributed by atoms with E-state index in [1.54, 1.807) is 18.2 Å². The van der Waals surface area contributed by atoms with E-state index in [1.807, 2.05) is 0 Å². The molecule has 2 heterocycles. The molecule has 0 saturated carbocycles. The molecule has 0 aliphatic carbocycles. The van der Waals surface area contributed by atoms with Crippen molar-refractivity contribution in [2.75, 3.05) is 5.32 Å². The normalized spacial score (nSPS) is 10.4. The summed E-state index contributed by atoms with van der Waals surface area (Å²) in [7, 11) is 0. The molecular weight excluding hydrogens is 232 g/mol. The molecule has 0 fully saturated rings. The van der Waals surface area contributed by atoms with Gasteiger partial charge in [-0.25, -0.2) is 9.97 Å². The van der Waals surface area contributed by atoms with Crippen LogP contribution in [0.15, 0.2) is 47.6 Å². The number of hydrogen-bond acceptors (Lipinski definition) is 5. The Bertz CT molecular complexity index is 693. The number of amides is 1. The van der Waals surface area contributed by atoms with E-state index in [1.165, 1.54) is 25.0 Å². The lowest BCUT2D eigenvalue weighted by Crippen LogP contribution is -2.13. The smallest absolute Gasteiger partial charge is 0.275 e. The number of carbonyl (C=O) groups excluding carboxylic acids is 1. The second-order valence-electron chi connectivity index (χ2n) is 3.58. The molecule has 1 N–H and O–H groups in total. The molecule has 0 spiro atoms. The minimum atomic E-state index is -0.318. The predicted octanol–water partition coefficient (Wildman–Crippen LogP) is 1.87. The van der Waals surface area contributed by atoms with Gasteiger partial charge in [-0.1, -0.05) is 0 Å². The maximum Gasteiger partial charge on any atom is 0.275 e. The van der Waals surface area contributed by atoms with E-state index in [-0.39, 0.29) is 11.6 Å². The summed E-state index contributed by atoms with van der Waals surface area (Å²) in [5, 5.41) is 2.71. The third-order valence-corrected chi connectivity index (χ3v) is 2.38. The first-order valence-corrected chi connectivity index (χ1v) is 5.23. The molecule has 0 radical (unpaired) electrons. The van der Waals surface area contributed by atoms with Gasteiger partial charge in [0.15, 0.2) is 12.0 Å². The van der Waals surface area contributed by atoms with Crippen molar-refractivity contribution < 1.29 is 9.21 Å². The number of aromatic nitrogens is 3. The van der Waals surface area contributed by atoms with Gasteiger partial charge in [-0.3, -0.25) is 9.78 Å². The topological polar surface area (TPSA) is 80.9 Å². The van der Waals surface area contributed by atoms with E-state index in [2.05, 4.69) is 20.3 Å². The molecule has 3 rings (SSSR count). The van der Waals surface area contributed by atoms with E-state index >= 15 is 0 Å². The first-order chi connectivity index (χ1) is 8.83. The molecule has 1 aromatic carbocycles. The average Bonchev–Trinajstić information content (AvgIpc) is 2.87. The summed E-state index contributed by atoms with van der Waals surface area (Å²) in [5.74, 6) is -0.318. The van der Waals surface area contributed by atoms with Gasteiger partial charge in [0.2, 0.25) is 0 Å². The molecule has 18 heavy (non-hydrogen) atoms. The van der Waals surface area contributed by atoms with E-state index in [4.69, 9.17) is 4.42 Å². The van der Waals surface area contributed by atoms with Crippen molar-refractivity contribution in [3.05, 3.63) is 48.9 Å². The fourth-order valence-corrected chi connectivity index (χ4v) is 1.54. The number of benzene rings is 1. The van der Waals surface area contributed by atoms with Crippen LogP contribution in [-0.2, 0) is 0 Å². The van der Waals surface area contributed by atoms with E-state index < -0.39 is 0 Å². The number of rotatable bonds is 2. The van der Waals surface area contributed by atoms with Crippen LogP contribution in [-0.4, -0.2) is 20.9 Å². The molecular formula is C12H8N4O2. The zero-order chi connectivity index (χ0) is 12.4. The number of nitrogens with zero attached hydrogens (tertiary/aromatic N) is 3. The van der Waals surface area contributed by atoms with Gasteiger partial charge in [0.1, 0.15) is 11.2 Å². The lowest BCUT2D eigenvalue weighted by atomic mass is 10.3. The van der Waals surface area contributed by atoms with Crippen LogP contribution in [0.3, 0.4) is 0 Å². The summed E-state index contributed by atoms with van der Waals surface area (Å²) in [6.07, 6.45) is 5.74. The Morgan fingerprint density at radius 3 is 3.00 bits per heavy atom. The second kappa shape index (κ2) is 4.25. The maximum atomic E-state index is 11.8. The quantitative estimate of drug-likeness (QED) is 0.739. The molecule has 0 aliphatic heterocycles. The van der Waals surface area contributed by atoms with Crippen LogP contribution in [0.5, 0.6) is 0 Å². The van der Waals surface area contributed by atoms with Crippen molar-refractivity contribution in [1.82, 2.24) is 15.0 Å². The summed E-state index contributed by atoms with van der Waals surface area (Å²) in [6, 6.07) is 5.22. The first kappa shape index (κ1) is 10.4.